The van der Waals surface area contributed by atoms with Crippen molar-refractivity contribution in [2.45, 2.75) is 24.9 Å². The van der Waals surface area contributed by atoms with Crippen LogP contribution in [0.3, 0.4) is 0 Å². The molecule has 0 radical (unpaired) electrons. The van der Waals surface area contributed by atoms with E-state index in [4.69, 9.17) is 11.6 Å². The van der Waals surface area contributed by atoms with Crippen LogP contribution in [0.1, 0.15) is 29.8 Å². The van der Waals surface area contributed by atoms with Crippen LogP contribution in [0, 0.1) is 0 Å². The Balaban J connectivity index is 2.50. The normalized spacial score (nSPS) is 12.0. The molecule has 0 fully saturated rings. The Hall–Kier alpha value is -2.26. The van der Waals surface area contributed by atoms with E-state index in [1.807, 2.05) is 13.8 Å². The van der Waals surface area contributed by atoms with Crippen LogP contribution in [0.5, 0.6) is 0 Å². The van der Waals surface area contributed by atoms with Crippen LogP contribution in [0.25, 0.3) is 0 Å². The van der Waals surface area contributed by atoms with Gasteiger partial charge in [-0.3, -0.25) is 4.79 Å². The summed E-state index contributed by atoms with van der Waals surface area (Å²) in [5.41, 5.74) is -0.549. The minimum absolute atomic E-state index is 0.0237. The average Bonchev–Trinajstić information content (AvgIpc) is 2.62. The molecular weight excluding hydrogens is 429 g/mol. The summed E-state index contributed by atoms with van der Waals surface area (Å²) < 4.78 is 63.1. The maximum absolute atomic E-state index is 13.1. The van der Waals surface area contributed by atoms with E-state index in [1.54, 1.807) is 4.90 Å². The second-order valence-electron chi connectivity index (χ2n) is 6.27. The number of sulfone groups is 1. The van der Waals surface area contributed by atoms with E-state index in [9.17, 15) is 26.4 Å². The second-order valence-corrected chi connectivity index (χ2v) is 8.66. The lowest BCUT2D eigenvalue weighted by Gasteiger charge is -2.25. The molecule has 0 aliphatic heterocycles. The van der Waals surface area contributed by atoms with Gasteiger partial charge in [0.25, 0.3) is 5.91 Å². The smallest absolute Gasteiger partial charge is 0.370 e. The highest BCUT2D eigenvalue weighted by atomic mass is 35.5. The molecule has 2 aromatic carbocycles. The van der Waals surface area contributed by atoms with E-state index < -0.39 is 27.5 Å². The molecule has 5 nitrogen and oxygen atoms in total. The zero-order valence-corrected chi connectivity index (χ0v) is 17.5. The zero-order valence-electron chi connectivity index (χ0n) is 16.0. The lowest BCUT2D eigenvalue weighted by Crippen LogP contribution is -2.24. The molecule has 0 atom stereocenters. The Kier molecular flexibility index (Phi) is 6.85. The monoisotopic (exact) mass is 448 g/mol. The fraction of sp³-hybridized carbons (Fsp3) is 0.316. The molecular formula is C19H20ClF3N2O3S. The first-order valence-corrected chi connectivity index (χ1v) is 10.9. The predicted octanol–water partition coefficient (Wildman–Crippen LogP) is 4.86. The first kappa shape index (κ1) is 23.0. The Morgan fingerprint density at radius 3 is 2.24 bits per heavy atom. The van der Waals surface area contributed by atoms with Gasteiger partial charge in [-0.25, -0.2) is 8.42 Å². The van der Waals surface area contributed by atoms with Crippen molar-refractivity contribution in [2.24, 2.45) is 0 Å². The van der Waals surface area contributed by atoms with Crippen LogP contribution in [0.15, 0.2) is 41.3 Å². The molecule has 2 rings (SSSR count). The van der Waals surface area contributed by atoms with Crippen molar-refractivity contribution in [3.8, 4) is 0 Å². The van der Waals surface area contributed by atoms with Gasteiger partial charge in [0.2, 0.25) is 0 Å². The molecule has 0 bridgehead atoms. The number of hydrogen-bond acceptors (Lipinski definition) is 4. The molecule has 0 unspecified atom stereocenters. The lowest BCUT2D eigenvalue weighted by molar-refractivity contribution is -0.137. The average molecular weight is 449 g/mol. The standard InChI is InChI=1S/C19H20ClF3N2O3S/c1-4-25(5-2)16-9-7-13(19(21,22)23)11-15(16)24-18(26)12-6-8-14(20)17(10-12)29(3,27)28/h6-11H,4-5H2,1-3H3,(H,24,26). The molecule has 2 aromatic rings. The van der Waals surface area contributed by atoms with Crippen LogP contribution in [-0.4, -0.2) is 33.7 Å². The summed E-state index contributed by atoms with van der Waals surface area (Å²) >= 11 is 5.88. The van der Waals surface area contributed by atoms with E-state index in [2.05, 4.69) is 5.32 Å². The highest BCUT2D eigenvalue weighted by molar-refractivity contribution is 7.90. The van der Waals surface area contributed by atoms with E-state index >= 15 is 0 Å². The van der Waals surface area contributed by atoms with Crippen molar-refractivity contribution in [3.05, 3.63) is 52.5 Å². The fourth-order valence-electron chi connectivity index (χ4n) is 2.78. The molecule has 0 saturated heterocycles. The summed E-state index contributed by atoms with van der Waals surface area (Å²) in [5.74, 6) is -0.751. The number of nitrogens with zero attached hydrogens (tertiary/aromatic N) is 1. The molecule has 0 aliphatic carbocycles. The maximum Gasteiger partial charge on any atom is 0.416 e. The molecule has 0 aromatic heterocycles. The minimum atomic E-state index is -4.58. The number of rotatable bonds is 6. The summed E-state index contributed by atoms with van der Waals surface area (Å²) in [6.07, 6.45) is -3.63. The van der Waals surface area contributed by atoms with Crippen molar-refractivity contribution in [3.63, 3.8) is 0 Å². The number of benzene rings is 2. The summed E-state index contributed by atoms with van der Waals surface area (Å²) in [6.45, 7) is 4.71. The van der Waals surface area contributed by atoms with Gasteiger partial charge in [-0.1, -0.05) is 11.6 Å². The van der Waals surface area contributed by atoms with Crippen molar-refractivity contribution >= 4 is 38.7 Å². The van der Waals surface area contributed by atoms with Gasteiger partial charge in [-0.2, -0.15) is 13.2 Å². The van der Waals surface area contributed by atoms with E-state index in [0.29, 0.717) is 18.8 Å². The van der Waals surface area contributed by atoms with Crippen LogP contribution < -0.4 is 10.2 Å². The molecule has 158 valence electrons. The van der Waals surface area contributed by atoms with Crippen LogP contribution in [0.4, 0.5) is 24.5 Å². The van der Waals surface area contributed by atoms with Gasteiger partial charge < -0.3 is 10.2 Å². The highest BCUT2D eigenvalue weighted by Gasteiger charge is 2.31. The third-order valence-corrected chi connectivity index (χ3v) is 5.85. The van der Waals surface area contributed by atoms with Gasteiger partial charge in [-0.05, 0) is 50.2 Å². The Bertz CT molecular complexity index is 1020. The van der Waals surface area contributed by atoms with Gasteiger partial charge in [0.1, 0.15) is 0 Å². The van der Waals surface area contributed by atoms with E-state index in [1.165, 1.54) is 18.2 Å². The molecule has 10 heteroatoms. The number of carbonyl (C=O) groups excluding carboxylic acids is 1. The van der Waals surface area contributed by atoms with Crippen molar-refractivity contribution in [2.75, 3.05) is 29.6 Å². The largest absolute Gasteiger partial charge is 0.416 e. The molecule has 0 spiro atoms. The van der Waals surface area contributed by atoms with Gasteiger partial charge in [-0.15, -0.1) is 0 Å². The van der Waals surface area contributed by atoms with Crippen LogP contribution in [-0.2, 0) is 16.0 Å². The van der Waals surface area contributed by atoms with E-state index in [-0.39, 0.29) is 21.2 Å². The summed E-state index contributed by atoms with van der Waals surface area (Å²) in [6, 6.07) is 6.76. The van der Waals surface area contributed by atoms with Gasteiger partial charge in [0.05, 0.1) is 26.9 Å². The molecule has 0 aliphatic rings. The molecule has 0 heterocycles. The number of anilines is 2. The number of nitrogens with one attached hydrogen (secondary N) is 1. The third-order valence-electron chi connectivity index (χ3n) is 4.27. The quantitative estimate of drug-likeness (QED) is 0.685. The SMILES string of the molecule is CCN(CC)c1ccc(C(F)(F)F)cc1NC(=O)c1ccc(Cl)c(S(C)(=O)=O)c1. The first-order valence-electron chi connectivity index (χ1n) is 8.65. The molecule has 1 N–H and O–H groups in total. The van der Waals surface area contributed by atoms with Gasteiger partial charge in [0, 0.05) is 24.9 Å². The number of carbonyl (C=O) groups is 1. The van der Waals surface area contributed by atoms with Gasteiger partial charge >= 0.3 is 6.18 Å². The molecule has 1 amide bonds. The Morgan fingerprint density at radius 2 is 1.72 bits per heavy atom. The minimum Gasteiger partial charge on any atom is -0.370 e. The third kappa shape index (κ3) is 5.42. The topological polar surface area (TPSA) is 66.5 Å². The molecule has 29 heavy (non-hydrogen) atoms. The van der Waals surface area contributed by atoms with Gasteiger partial charge in [0.15, 0.2) is 9.84 Å². The van der Waals surface area contributed by atoms with Crippen LogP contribution >= 0.6 is 11.6 Å². The number of alkyl halides is 3. The predicted molar refractivity (Wildman–Crippen MR) is 108 cm³/mol. The summed E-state index contributed by atoms with van der Waals surface area (Å²) in [4.78, 5) is 14.2. The van der Waals surface area contributed by atoms with Crippen molar-refractivity contribution in [1.82, 2.24) is 0 Å². The second kappa shape index (κ2) is 8.62. The lowest BCUT2D eigenvalue weighted by atomic mass is 10.1. The van der Waals surface area contributed by atoms with Crippen molar-refractivity contribution in [1.29, 1.82) is 0 Å². The van der Waals surface area contributed by atoms with Crippen LogP contribution in [0.2, 0.25) is 5.02 Å². The summed E-state index contributed by atoms with van der Waals surface area (Å²) in [7, 11) is -3.69. The number of halogens is 4. The maximum atomic E-state index is 13.1. The Labute approximate surface area is 172 Å². The zero-order chi connectivity index (χ0) is 22.0. The summed E-state index contributed by atoms with van der Waals surface area (Å²) in [5, 5.41) is 2.42. The first-order chi connectivity index (χ1) is 13.4. The molecule has 0 saturated carbocycles. The number of amides is 1. The Morgan fingerprint density at radius 1 is 1.10 bits per heavy atom. The highest BCUT2D eigenvalue weighted by Crippen LogP contribution is 2.36. The van der Waals surface area contributed by atoms with E-state index in [0.717, 1.165) is 24.5 Å². The fourth-order valence-corrected chi connectivity index (χ4v) is 4.08. The number of hydrogen-bond donors (Lipinski definition) is 1. The van der Waals surface area contributed by atoms with Crippen molar-refractivity contribution < 1.29 is 26.4 Å².